The Hall–Kier alpha value is -1.92. The minimum absolute atomic E-state index is 0.00695. The Morgan fingerprint density at radius 1 is 0.318 bits per heavy atom. The van der Waals surface area contributed by atoms with Crippen LogP contribution >= 0.6 is 0 Å². The van der Waals surface area contributed by atoms with Gasteiger partial charge in [-0.1, -0.05) is 416 Å². The second-order valence-electron chi connectivity index (χ2n) is 27.8. The second-order valence-corrected chi connectivity index (χ2v) is 27.8. The lowest BCUT2D eigenvalue weighted by Crippen LogP contribution is -2.45. The molecule has 0 saturated carbocycles. The number of nitrogens with one attached hydrogen (secondary N) is 1. The highest BCUT2D eigenvalue weighted by molar-refractivity contribution is 5.76. The maximum Gasteiger partial charge on any atom is 0.305 e. The summed E-state index contributed by atoms with van der Waals surface area (Å²) in [5.74, 6) is -0.0513. The zero-order valence-electron chi connectivity index (χ0n) is 59.7. The molecule has 6 nitrogen and oxygen atoms in total. The molecule has 0 aromatic carbocycles. The Balaban J connectivity index is 3.36. The standard InChI is InChI=1S/C82H157NO5/c1-3-5-7-9-11-13-15-17-19-20-21-22-23-32-35-38-41-44-47-50-54-58-62-66-70-74-80(85)79(78-84)83-81(86)75-71-67-63-59-55-51-48-45-42-39-36-33-30-28-26-24-25-27-29-31-34-37-40-43-46-49-53-57-61-65-69-73-77-88-82(87)76-72-68-64-60-56-52-18-16-14-12-10-8-6-4-2/h10,12,16,18,70,74,79-80,84-85H,3-9,11,13-15,17,19-69,71-73,75-78H2,1-2H3,(H,83,86)/b12-10-,18-16-,74-70+. The van der Waals surface area contributed by atoms with Crippen molar-refractivity contribution in [2.24, 2.45) is 0 Å². The number of amides is 1. The third kappa shape index (κ3) is 73.1. The van der Waals surface area contributed by atoms with Crippen LogP contribution in [0.15, 0.2) is 36.5 Å². The molecule has 2 atom stereocenters. The average molecular weight is 1240 g/mol. The molecule has 520 valence electrons. The number of hydrogen-bond donors (Lipinski definition) is 3. The Kier molecular flexibility index (Phi) is 75.8. The predicted molar refractivity (Wildman–Crippen MR) is 389 cm³/mol. The van der Waals surface area contributed by atoms with Crippen LogP contribution in [-0.4, -0.2) is 47.4 Å². The molecule has 0 aromatic heterocycles. The quantitative estimate of drug-likeness (QED) is 0.0320. The zero-order valence-corrected chi connectivity index (χ0v) is 59.7. The largest absolute Gasteiger partial charge is 0.466 e. The van der Waals surface area contributed by atoms with Gasteiger partial charge in [-0.15, -0.1) is 0 Å². The first-order valence-corrected chi connectivity index (χ1v) is 40.3. The normalized spacial score (nSPS) is 12.6. The zero-order chi connectivity index (χ0) is 63.5. The molecule has 0 saturated heterocycles. The molecular weight excluding hydrogens is 1080 g/mol. The van der Waals surface area contributed by atoms with Crippen molar-refractivity contribution >= 4 is 11.9 Å². The second kappa shape index (κ2) is 77.5. The molecule has 0 rings (SSSR count). The highest BCUT2D eigenvalue weighted by atomic mass is 16.5. The van der Waals surface area contributed by atoms with Crippen molar-refractivity contribution in [3.63, 3.8) is 0 Å². The van der Waals surface area contributed by atoms with E-state index in [2.05, 4.69) is 43.5 Å². The third-order valence-corrected chi connectivity index (χ3v) is 18.9. The van der Waals surface area contributed by atoms with Crippen LogP contribution in [0.2, 0.25) is 0 Å². The van der Waals surface area contributed by atoms with Crippen molar-refractivity contribution in [1.29, 1.82) is 0 Å². The SMILES string of the molecule is CCCC/C=C\C/C=C\CCCCCCCC(=O)OCCCCCCCCCCCCCCCCCCCCCCCCCCCCCCCCCCC(=O)NC(CO)C(O)/C=C/CCCCCCCCCCCCCCCCCCCCCCCCC. The molecular formula is C82H157NO5. The van der Waals surface area contributed by atoms with Crippen LogP contribution in [0, 0.1) is 0 Å². The monoisotopic (exact) mass is 1240 g/mol. The number of carbonyl (C=O) groups excluding carboxylic acids is 2. The number of aliphatic hydroxyl groups excluding tert-OH is 2. The number of hydrogen-bond acceptors (Lipinski definition) is 5. The molecule has 0 aromatic rings. The van der Waals surface area contributed by atoms with E-state index in [-0.39, 0.29) is 18.5 Å². The minimum atomic E-state index is -0.843. The van der Waals surface area contributed by atoms with Gasteiger partial charge in [0.15, 0.2) is 0 Å². The molecule has 0 heterocycles. The summed E-state index contributed by atoms with van der Waals surface area (Å²) in [5.41, 5.74) is 0. The van der Waals surface area contributed by atoms with Gasteiger partial charge in [0.1, 0.15) is 0 Å². The van der Waals surface area contributed by atoms with Gasteiger partial charge in [0.05, 0.1) is 25.4 Å². The van der Waals surface area contributed by atoms with Gasteiger partial charge in [0, 0.05) is 12.8 Å². The van der Waals surface area contributed by atoms with Crippen molar-refractivity contribution < 1.29 is 24.5 Å². The fraction of sp³-hybridized carbons (Fsp3) is 0.902. The number of esters is 1. The molecule has 0 aliphatic carbocycles. The van der Waals surface area contributed by atoms with E-state index < -0.39 is 12.1 Å². The minimum Gasteiger partial charge on any atom is -0.466 e. The predicted octanol–water partition coefficient (Wildman–Crippen LogP) is 26.6. The molecule has 0 radical (unpaired) electrons. The first-order valence-electron chi connectivity index (χ1n) is 40.3. The molecule has 88 heavy (non-hydrogen) atoms. The molecule has 6 heteroatoms. The summed E-state index contributed by atoms with van der Waals surface area (Å²) < 4.78 is 5.49. The van der Waals surface area contributed by atoms with Gasteiger partial charge in [0.2, 0.25) is 5.91 Å². The summed E-state index contributed by atoms with van der Waals surface area (Å²) in [5, 5.41) is 23.3. The summed E-state index contributed by atoms with van der Waals surface area (Å²) in [6, 6.07) is -0.626. The Morgan fingerprint density at radius 3 is 0.898 bits per heavy atom. The van der Waals surface area contributed by atoms with Gasteiger partial charge in [-0.2, -0.15) is 0 Å². The van der Waals surface area contributed by atoms with E-state index in [1.165, 1.54) is 372 Å². The van der Waals surface area contributed by atoms with Crippen molar-refractivity contribution in [2.75, 3.05) is 13.2 Å². The lowest BCUT2D eigenvalue weighted by molar-refractivity contribution is -0.143. The van der Waals surface area contributed by atoms with Gasteiger partial charge in [0.25, 0.3) is 0 Å². The highest BCUT2D eigenvalue weighted by Crippen LogP contribution is 2.20. The first kappa shape index (κ1) is 86.1. The topological polar surface area (TPSA) is 95.9 Å². The Bertz CT molecular complexity index is 1430. The Morgan fingerprint density at radius 2 is 0.580 bits per heavy atom. The fourth-order valence-corrected chi connectivity index (χ4v) is 12.8. The number of ether oxygens (including phenoxy) is 1. The van der Waals surface area contributed by atoms with E-state index in [4.69, 9.17) is 4.74 Å². The van der Waals surface area contributed by atoms with Crippen LogP contribution in [0.5, 0.6) is 0 Å². The molecule has 0 aliphatic rings. The summed E-state index contributed by atoms with van der Waals surface area (Å²) in [4.78, 5) is 24.6. The molecule has 0 aliphatic heterocycles. The molecule has 1 amide bonds. The Labute approximate surface area is 551 Å². The van der Waals surface area contributed by atoms with Gasteiger partial charge >= 0.3 is 5.97 Å². The van der Waals surface area contributed by atoms with Crippen molar-refractivity contribution in [3.8, 4) is 0 Å². The van der Waals surface area contributed by atoms with E-state index in [0.717, 1.165) is 51.4 Å². The van der Waals surface area contributed by atoms with Crippen molar-refractivity contribution in [1.82, 2.24) is 5.32 Å². The number of unbranched alkanes of at least 4 members (excludes halogenated alkanes) is 61. The molecule has 3 N–H and O–H groups in total. The average Bonchev–Trinajstić information content (AvgIpc) is 3.58. The third-order valence-electron chi connectivity index (χ3n) is 18.9. The summed E-state index contributed by atoms with van der Waals surface area (Å²) in [7, 11) is 0. The van der Waals surface area contributed by atoms with Gasteiger partial charge < -0.3 is 20.3 Å². The number of rotatable bonds is 76. The molecule has 0 bridgehead atoms. The molecule has 0 fully saturated rings. The van der Waals surface area contributed by atoms with Crippen LogP contribution in [0.3, 0.4) is 0 Å². The van der Waals surface area contributed by atoms with E-state index in [1.807, 2.05) is 6.08 Å². The maximum absolute atomic E-state index is 12.6. The van der Waals surface area contributed by atoms with Crippen LogP contribution in [0.25, 0.3) is 0 Å². The van der Waals surface area contributed by atoms with Crippen LogP contribution < -0.4 is 5.32 Å². The summed E-state index contributed by atoms with van der Waals surface area (Å²) in [6.45, 7) is 4.91. The summed E-state index contributed by atoms with van der Waals surface area (Å²) in [6.07, 6.45) is 101. The fourth-order valence-electron chi connectivity index (χ4n) is 12.8. The molecule has 0 spiro atoms. The van der Waals surface area contributed by atoms with E-state index in [0.29, 0.717) is 19.4 Å². The van der Waals surface area contributed by atoms with E-state index >= 15 is 0 Å². The number of aliphatic hydroxyl groups is 2. The van der Waals surface area contributed by atoms with Gasteiger partial charge in [-0.25, -0.2) is 0 Å². The maximum atomic E-state index is 12.6. The smallest absolute Gasteiger partial charge is 0.305 e. The molecule has 2 unspecified atom stereocenters. The number of allylic oxidation sites excluding steroid dienone is 5. The van der Waals surface area contributed by atoms with Gasteiger partial charge in [-0.3, -0.25) is 9.59 Å². The van der Waals surface area contributed by atoms with E-state index in [1.54, 1.807) is 6.08 Å². The summed E-state index contributed by atoms with van der Waals surface area (Å²) >= 11 is 0. The highest BCUT2D eigenvalue weighted by Gasteiger charge is 2.18. The van der Waals surface area contributed by atoms with Crippen LogP contribution in [0.1, 0.15) is 450 Å². The van der Waals surface area contributed by atoms with Crippen molar-refractivity contribution in [2.45, 2.75) is 463 Å². The van der Waals surface area contributed by atoms with Crippen LogP contribution in [-0.2, 0) is 14.3 Å². The lowest BCUT2D eigenvalue weighted by Gasteiger charge is -2.20. The lowest BCUT2D eigenvalue weighted by atomic mass is 10.0. The van der Waals surface area contributed by atoms with E-state index in [9.17, 15) is 19.8 Å². The number of carbonyl (C=O) groups is 2. The van der Waals surface area contributed by atoms with Crippen molar-refractivity contribution in [3.05, 3.63) is 36.5 Å². The first-order chi connectivity index (χ1) is 43.5. The van der Waals surface area contributed by atoms with Crippen LogP contribution in [0.4, 0.5) is 0 Å². The van der Waals surface area contributed by atoms with Gasteiger partial charge in [-0.05, 0) is 57.8 Å².